The number of carbonyl (C=O) groups is 2. The molecule has 5 nitrogen and oxygen atoms in total. The normalized spacial score (nSPS) is 22.4. The first kappa shape index (κ1) is 18.3. The molecule has 0 spiro atoms. The maximum Gasteiger partial charge on any atom is 0.240 e. The van der Waals surface area contributed by atoms with Gasteiger partial charge in [0.25, 0.3) is 0 Å². The molecule has 146 valence electrons. The van der Waals surface area contributed by atoms with Crippen LogP contribution in [0.15, 0.2) is 24.3 Å². The highest BCUT2D eigenvalue weighted by molar-refractivity contribution is 6.13. The van der Waals surface area contributed by atoms with Crippen LogP contribution < -0.4 is 10.2 Å². The Bertz CT molecular complexity index is 682. The molecule has 0 bridgehead atoms. The van der Waals surface area contributed by atoms with Crippen LogP contribution in [0.3, 0.4) is 0 Å². The second-order valence-electron chi connectivity index (χ2n) is 8.61. The summed E-state index contributed by atoms with van der Waals surface area (Å²) in [4.78, 5) is 30.0. The highest BCUT2D eigenvalue weighted by Crippen LogP contribution is 2.48. The van der Waals surface area contributed by atoms with E-state index >= 15 is 0 Å². The smallest absolute Gasteiger partial charge is 0.240 e. The molecule has 2 saturated heterocycles. The Kier molecular flexibility index (Phi) is 5.11. The number of carbonyl (C=O) groups excluding carboxylic acids is 2. The van der Waals surface area contributed by atoms with Crippen molar-refractivity contribution >= 4 is 23.2 Å². The Morgan fingerprint density at radius 1 is 0.963 bits per heavy atom. The Morgan fingerprint density at radius 3 is 2.19 bits per heavy atom. The van der Waals surface area contributed by atoms with E-state index in [0.717, 1.165) is 50.6 Å². The number of hydrogen-bond acceptors (Lipinski definition) is 3. The maximum atomic E-state index is 12.9. The van der Waals surface area contributed by atoms with Gasteiger partial charge in [0.15, 0.2) is 0 Å². The van der Waals surface area contributed by atoms with Gasteiger partial charge in [-0.25, -0.2) is 0 Å². The molecule has 5 heteroatoms. The SMILES string of the molecule is CC1CCN(c2ccc(NC(=O)C3(C(=O)N4CCCCC4)CC3)cc2)CC1. The summed E-state index contributed by atoms with van der Waals surface area (Å²) in [5, 5.41) is 3.00. The number of amides is 2. The highest BCUT2D eigenvalue weighted by Gasteiger charge is 2.58. The number of piperidine rings is 2. The molecule has 1 saturated carbocycles. The van der Waals surface area contributed by atoms with Crippen molar-refractivity contribution in [3.05, 3.63) is 24.3 Å². The number of rotatable bonds is 4. The third-order valence-electron chi connectivity index (χ3n) is 6.51. The van der Waals surface area contributed by atoms with Crippen LogP contribution in [0.1, 0.15) is 51.9 Å². The molecule has 1 aliphatic carbocycles. The van der Waals surface area contributed by atoms with Gasteiger partial charge in [-0.05, 0) is 75.1 Å². The van der Waals surface area contributed by atoms with Crippen LogP contribution in [0.4, 0.5) is 11.4 Å². The lowest BCUT2D eigenvalue weighted by molar-refractivity contribution is -0.143. The number of anilines is 2. The summed E-state index contributed by atoms with van der Waals surface area (Å²) < 4.78 is 0. The van der Waals surface area contributed by atoms with Gasteiger partial charge in [-0.2, -0.15) is 0 Å². The van der Waals surface area contributed by atoms with Crippen molar-refractivity contribution in [3.8, 4) is 0 Å². The monoisotopic (exact) mass is 369 g/mol. The fraction of sp³-hybridized carbons (Fsp3) is 0.636. The van der Waals surface area contributed by atoms with Gasteiger partial charge >= 0.3 is 0 Å². The molecule has 1 aromatic rings. The second-order valence-corrected chi connectivity index (χ2v) is 8.61. The van der Waals surface area contributed by atoms with Gasteiger partial charge in [0, 0.05) is 37.6 Å². The number of nitrogens with zero attached hydrogens (tertiary/aromatic N) is 2. The lowest BCUT2D eigenvalue weighted by atomic mass is 9.99. The summed E-state index contributed by atoms with van der Waals surface area (Å²) in [5.41, 5.74) is 1.19. The van der Waals surface area contributed by atoms with Gasteiger partial charge < -0.3 is 15.1 Å². The number of nitrogens with one attached hydrogen (secondary N) is 1. The lowest BCUT2D eigenvalue weighted by Crippen LogP contribution is -2.45. The van der Waals surface area contributed by atoms with Crippen molar-refractivity contribution in [2.45, 2.75) is 51.9 Å². The summed E-state index contributed by atoms with van der Waals surface area (Å²) >= 11 is 0. The van der Waals surface area contributed by atoms with E-state index in [1.165, 1.54) is 24.9 Å². The molecule has 0 radical (unpaired) electrons. The lowest BCUT2D eigenvalue weighted by Gasteiger charge is -2.32. The van der Waals surface area contributed by atoms with Gasteiger partial charge in [-0.3, -0.25) is 9.59 Å². The van der Waals surface area contributed by atoms with E-state index in [4.69, 9.17) is 0 Å². The summed E-state index contributed by atoms with van der Waals surface area (Å²) in [5.74, 6) is 0.725. The summed E-state index contributed by atoms with van der Waals surface area (Å²) in [6, 6.07) is 8.09. The van der Waals surface area contributed by atoms with E-state index in [9.17, 15) is 9.59 Å². The minimum Gasteiger partial charge on any atom is -0.372 e. The van der Waals surface area contributed by atoms with E-state index < -0.39 is 5.41 Å². The molecule has 0 aromatic heterocycles. The van der Waals surface area contributed by atoms with Crippen LogP contribution in [-0.2, 0) is 9.59 Å². The first-order chi connectivity index (χ1) is 13.1. The van der Waals surface area contributed by atoms with Crippen molar-refractivity contribution in [2.24, 2.45) is 11.3 Å². The van der Waals surface area contributed by atoms with Crippen LogP contribution in [0.25, 0.3) is 0 Å². The molecule has 2 heterocycles. The predicted octanol–water partition coefficient (Wildman–Crippen LogP) is 3.65. The molecule has 0 unspecified atom stereocenters. The quantitative estimate of drug-likeness (QED) is 0.824. The number of likely N-dealkylation sites (tertiary alicyclic amines) is 1. The topological polar surface area (TPSA) is 52.7 Å². The minimum absolute atomic E-state index is 0.0405. The van der Waals surface area contributed by atoms with Crippen molar-refractivity contribution in [1.29, 1.82) is 0 Å². The van der Waals surface area contributed by atoms with Gasteiger partial charge in [0.1, 0.15) is 5.41 Å². The molecule has 3 aliphatic rings. The number of hydrogen-bond donors (Lipinski definition) is 1. The fourth-order valence-electron chi connectivity index (χ4n) is 4.34. The van der Waals surface area contributed by atoms with Crippen molar-refractivity contribution in [3.63, 3.8) is 0 Å². The van der Waals surface area contributed by atoms with Crippen LogP contribution in [0.5, 0.6) is 0 Å². The van der Waals surface area contributed by atoms with Gasteiger partial charge in [-0.15, -0.1) is 0 Å². The molecule has 27 heavy (non-hydrogen) atoms. The summed E-state index contributed by atoms with van der Waals surface area (Å²) in [6.07, 6.45) is 7.13. The molecular weight excluding hydrogens is 338 g/mol. The van der Waals surface area contributed by atoms with Crippen molar-refractivity contribution in [1.82, 2.24) is 4.90 Å². The van der Waals surface area contributed by atoms with Crippen molar-refractivity contribution < 1.29 is 9.59 Å². The average Bonchev–Trinajstić information content (AvgIpc) is 3.51. The first-order valence-corrected chi connectivity index (χ1v) is 10.5. The minimum atomic E-state index is -0.807. The fourth-order valence-corrected chi connectivity index (χ4v) is 4.34. The average molecular weight is 370 g/mol. The van der Waals surface area contributed by atoms with Crippen molar-refractivity contribution in [2.75, 3.05) is 36.4 Å². The molecule has 1 aromatic carbocycles. The molecule has 0 atom stereocenters. The Labute approximate surface area is 162 Å². The Balaban J connectivity index is 1.37. The predicted molar refractivity (Wildman–Crippen MR) is 108 cm³/mol. The molecule has 2 amide bonds. The van der Waals surface area contributed by atoms with Crippen LogP contribution >= 0.6 is 0 Å². The second kappa shape index (κ2) is 7.53. The standard InChI is InChI=1S/C22H31N3O2/c1-17-9-15-24(16-10-17)19-7-5-18(6-8-19)23-20(26)22(11-12-22)21(27)25-13-3-2-4-14-25/h5-8,17H,2-4,9-16H2,1H3,(H,23,26). The van der Waals surface area contributed by atoms with E-state index in [0.29, 0.717) is 12.8 Å². The van der Waals surface area contributed by atoms with Gasteiger partial charge in [-0.1, -0.05) is 6.92 Å². The highest BCUT2D eigenvalue weighted by atomic mass is 16.2. The maximum absolute atomic E-state index is 12.9. The zero-order valence-corrected chi connectivity index (χ0v) is 16.4. The zero-order chi connectivity index (χ0) is 18.9. The Morgan fingerprint density at radius 2 is 1.59 bits per heavy atom. The first-order valence-electron chi connectivity index (χ1n) is 10.5. The van der Waals surface area contributed by atoms with E-state index in [1.54, 1.807) is 0 Å². The molecule has 3 fully saturated rings. The molecule has 1 N–H and O–H groups in total. The Hall–Kier alpha value is -2.04. The van der Waals surface area contributed by atoms with Gasteiger partial charge in [0.05, 0.1) is 0 Å². The van der Waals surface area contributed by atoms with Crippen LogP contribution in [0.2, 0.25) is 0 Å². The molecule has 4 rings (SSSR count). The zero-order valence-electron chi connectivity index (χ0n) is 16.4. The molecule has 2 aliphatic heterocycles. The number of benzene rings is 1. The largest absolute Gasteiger partial charge is 0.372 e. The summed E-state index contributed by atoms with van der Waals surface area (Å²) in [6.45, 7) is 6.11. The van der Waals surface area contributed by atoms with Crippen LogP contribution in [0, 0.1) is 11.3 Å². The van der Waals surface area contributed by atoms with E-state index in [2.05, 4.69) is 29.3 Å². The third-order valence-corrected chi connectivity index (χ3v) is 6.51. The van der Waals surface area contributed by atoms with E-state index in [-0.39, 0.29) is 11.8 Å². The summed E-state index contributed by atoms with van der Waals surface area (Å²) in [7, 11) is 0. The van der Waals surface area contributed by atoms with Crippen LogP contribution in [-0.4, -0.2) is 42.9 Å². The third kappa shape index (κ3) is 3.83. The van der Waals surface area contributed by atoms with E-state index in [1.807, 2.05) is 17.0 Å². The van der Waals surface area contributed by atoms with Gasteiger partial charge in [0.2, 0.25) is 11.8 Å². The molecular formula is C22H31N3O2.